The summed E-state index contributed by atoms with van der Waals surface area (Å²) in [5.74, 6) is 0.379. The number of ether oxygens (including phenoxy) is 1. The van der Waals surface area contributed by atoms with Crippen LogP contribution in [0.25, 0.3) is 0 Å². The van der Waals surface area contributed by atoms with Gasteiger partial charge in [-0.3, -0.25) is 14.9 Å². The SMILES string of the molecule is COc1cc(CNC(=O)[C@H](C)Sc2ccc([N+](=O)[O-])cc2)ccn1. The molecule has 0 saturated carbocycles. The summed E-state index contributed by atoms with van der Waals surface area (Å²) in [7, 11) is 1.54. The lowest BCUT2D eigenvalue weighted by Gasteiger charge is -2.12. The van der Waals surface area contributed by atoms with Crippen molar-refractivity contribution >= 4 is 23.4 Å². The molecule has 1 N–H and O–H groups in total. The summed E-state index contributed by atoms with van der Waals surface area (Å²) in [4.78, 5) is 27.2. The fraction of sp³-hybridized carbons (Fsp3) is 0.250. The van der Waals surface area contributed by atoms with E-state index in [-0.39, 0.29) is 16.8 Å². The van der Waals surface area contributed by atoms with Crippen molar-refractivity contribution in [2.45, 2.75) is 23.6 Å². The van der Waals surface area contributed by atoms with Crippen LogP contribution in [0.4, 0.5) is 5.69 Å². The van der Waals surface area contributed by atoms with Crippen LogP contribution in [0, 0.1) is 10.1 Å². The van der Waals surface area contributed by atoms with E-state index in [1.807, 2.05) is 0 Å². The number of amides is 1. The lowest BCUT2D eigenvalue weighted by molar-refractivity contribution is -0.384. The Morgan fingerprint density at radius 3 is 2.71 bits per heavy atom. The van der Waals surface area contributed by atoms with Crippen molar-refractivity contribution in [3.05, 3.63) is 58.3 Å². The molecule has 0 aliphatic carbocycles. The number of nitrogens with zero attached hydrogens (tertiary/aromatic N) is 2. The second-order valence-corrected chi connectivity index (χ2v) is 6.35. The van der Waals surface area contributed by atoms with Gasteiger partial charge in [0.1, 0.15) is 0 Å². The van der Waals surface area contributed by atoms with Crippen LogP contribution in [0.5, 0.6) is 5.88 Å². The van der Waals surface area contributed by atoms with Gasteiger partial charge in [-0.05, 0) is 30.7 Å². The van der Waals surface area contributed by atoms with E-state index in [9.17, 15) is 14.9 Å². The molecule has 24 heavy (non-hydrogen) atoms. The summed E-state index contributed by atoms with van der Waals surface area (Å²) >= 11 is 1.34. The molecule has 0 aliphatic rings. The van der Waals surface area contributed by atoms with Crippen molar-refractivity contribution in [3.8, 4) is 5.88 Å². The number of nitro groups is 1. The predicted molar refractivity (Wildman–Crippen MR) is 91.1 cm³/mol. The van der Waals surface area contributed by atoms with Gasteiger partial charge in [0, 0.05) is 35.8 Å². The van der Waals surface area contributed by atoms with Crippen LogP contribution >= 0.6 is 11.8 Å². The number of benzene rings is 1. The number of aromatic nitrogens is 1. The van der Waals surface area contributed by atoms with Crippen molar-refractivity contribution in [1.82, 2.24) is 10.3 Å². The van der Waals surface area contributed by atoms with Gasteiger partial charge >= 0.3 is 0 Å². The largest absolute Gasteiger partial charge is 0.481 e. The second kappa shape index (κ2) is 8.30. The molecule has 0 fully saturated rings. The summed E-state index contributed by atoms with van der Waals surface area (Å²) in [6.07, 6.45) is 1.62. The number of non-ortho nitro benzene ring substituents is 1. The van der Waals surface area contributed by atoms with Gasteiger partial charge in [-0.1, -0.05) is 0 Å². The third-order valence-corrected chi connectivity index (χ3v) is 4.32. The fourth-order valence-electron chi connectivity index (χ4n) is 1.91. The molecule has 0 radical (unpaired) electrons. The maximum absolute atomic E-state index is 12.2. The van der Waals surface area contributed by atoms with E-state index in [1.165, 1.54) is 31.0 Å². The molecule has 126 valence electrons. The highest BCUT2D eigenvalue weighted by atomic mass is 32.2. The van der Waals surface area contributed by atoms with Crippen LogP contribution in [-0.4, -0.2) is 28.2 Å². The molecule has 8 heteroatoms. The zero-order chi connectivity index (χ0) is 17.5. The smallest absolute Gasteiger partial charge is 0.269 e. The summed E-state index contributed by atoms with van der Waals surface area (Å²) in [6, 6.07) is 9.69. The van der Waals surface area contributed by atoms with Gasteiger partial charge in [-0.15, -0.1) is 11.8 Å². The van der Waals surface area contributed by atoms with E-state index in [2.05, 4.69) is 10.3 Å². The highest BCUT2D eigenvalue weighted by molar-refractivity contribution is 8.00. The lowest BCUT2D eigenvalue weighted by atomic mass is 10.2. The van der Waals surface area contributed by atoms with Gasteiger partial charge in [-0.25, -0.2) is 4.98 Å². The first-order valence-corrected chi connectivity index (χ1v) is 8.05. The zero-order valence-corrected chi connectivity index (χ0v) is 14.1. The Labute approximate surface area is 143 Å². The van der Waals surface area contributed by atoms with E-state index in [1.54, 1.807) is 37.4 Å². The van der Waals surface area contributed by atoms with Crippen molar-refractivity contribution in [2.75, 3.05) is 7.11 Å². The van der Waals surface area contributed by atoms with Crippen molar-refractivity contribution in [1.29, 1.82) is 0 Å². The number of hydrogen-bond acceptors (Lipinski definition) is 6. The van der Waals surface area contributed by atoms with Crippen LogP contribution in [-0.2, 0) is 11.3 Å². The van der Waals surface area contributed by atoms with Crippen molar-refractivity contribution in [3.63, 3.8) is 0 Å². The van der Waals surface area contributed by atoms with Gasteiger partial charge in [0.2, 0.25) is 11.8 Å². The molecule has 0 bridgehead atoms. The van der Waals surface area contributed by atoms with Crippen LogP contribution in [0.2, 0.25) is 0 Å². The fourth-order valence-corrected chi connectivity index (χ4v) is 2.80. The molecule has 1 aromatic heterocycles. The number of carbonyl (C=O) groups is 1. The van der Waals surface area contributed by atoms with E-state index in [0.717, 1.165) is 10.5 Å². The third-order valence-electron chi connectivity index (χ3n) is 3.20. The molecule has 2 aromatic rings. The van der Waals surface area contributed by atoms with E-state index in [0.29, 0.717) is 12.4 Å². The molecule has 7 nitrogen and oxygen atoms in total. The Morgan fingerprint density at radius 1 is 1.38 bits per heavy atom. The summed E-state index contributed by atoms with van der Waals surface area (Å²) in [5, 5.41) is 13.2. The van der Waals surface area contributed by atoms with Gasteiger partial charge in [-0.2, -0.15) is 0 Å². The maximum atomic E-state index is 12.2. The number of nitrogens with one attached hydrogen (secondary N) is 1. The monoisotopic (exact) mass is 347 g/mol. The molecule has 1 amide bonds. The molecule has 1 atom stereocenters. The number of hydrogen-bond donors (Lipinski definition) is 1. The van der Waals surface area contributed by atoms with Crippen LogP contribution in [0.15, 0.2) is 47.5 Å². The molecule has 2 rings (SSSR count). The quantitative estimate of drug-likeness (QED) is 0.470. The van der Waals surface area contributed by atoms with E-state index in [4.69, 9.17) is 4.74 Å². The number of methoxy groups -OCH3 is 1. The Bertz CT molecular complexity index is 722. The zero-order valence-electron chi connectivity index (χ0n) is 13.3. The minimum atomic E-state index is -0.451. The molecular formula is C16H17N3O4S. The van der Waals surface area contributed by atoms with Crippen LogP contribution in [0.3, 0.4) is 0 Å². The molecule has 0 saturated heterocycles. The molecular weight excluding hydrogens is 330 g/mol. The molecule has 1 aromatic carbocycles. The lowest BCUT2D eigenvalue weighted by Crippen LogP contribution is -2.30. The van der Waals surface area contributed by atoms with Crippen LogP contribution < -0.4 is 10.1 Å². The van der Waals surface area contributed by atoms with E-state index < -0.39 is 4.92 Å². The number of pyridine rings is 1. The molecule has 1 heterocycles. The first kappa shape index (κ1) is 17.7. The minimum Gasteiger partial charge on any atom is -0.481 e. The number of thioether (sulfide) groups is 1. The molecule has 0 spiro atoms. The van der Waals surface area contributed by atoms with Gasteiger partial charge in [0.05, 0.1) is 17.3 Å². The summed E-state index contributed by atoms with van der Waals surface area (Å²) in [5.41, 5.74) is 0.922. The average molecular weight is 347 g/mol. The molecule has 0 aliphatic heterocycles. The van der Waals surface area contributed by atoms with Crippen molar-refractivity contribution < 1.29 is 14.5 Å². The Morgan fingerprint density at radius 2 is 2.08 bits per heavy atom. The number of rotatable bonds is 7. The van der Waals surface area contributed by atoms with Gasteiger partial charge in [0.25, 0.3) is 5.69 Å². The topological polar surface area (TPSA) is 94.4 Å². The highest BCUT2D eigenvalue weighted by Gasteiger charge is 2.15. The summed E-state index contributed by atoms with van der Waals surface area (Å²) in [6.45, 7) is 2.16. The summed E-state index contributed by atoms with van der Waals surface area (Å²) < 4.78 is 5.04. The standard InChI is InChI=1S/C16H17N3O4S/c1-11(24-14-5-3-13(4-6-14)19(21)22)16(20)18-10-12-7-8-17-15(9-12)23-2/h3-9,11H,10H2,1-2H3,(H,18,20)/t11-/m0/s1. The normalized spacial score (nSPS) is 11.6. The number of carbonyl (C=O) groups excluding carboxylic acids is 1. The highest BCUT2D eigenvalue weighted by Crippen LogP contribution is 2.25. The van der Waals surface area contributed by atoms with E-state index >= 15 is 0 Å². The first-order chi connectivity index (χ1) is 11.5. The number of nitro benzene ring substituents is 1. The van der Waals surface area contributed by atoms with Crippen molar-refractivity contribution in [2.24, 2.45) is 0 Å². The Kier molecular flexibility index (Phi) is 6.14. The molecule has 0 unspecified atom stereocenters. The Hall–Kier alpha value is -2.61. The third kappa shape index (κ3) is 4.95. The van der Waals surface area contributed by atoms with Gasteiger partial charge in [0.15, 0.2) is 0 Å². The first-order valence-electron chi connectivity index (χ1n) is 7.17. The predicted octanol–water partition coefficient (Wildman–Crippen LogP) is 2.80. The minimum absolute atomic E-state index is 0.0306. The Balaban J connectivity index is 1.88. The second-order valence-electron chi connectivity index (χ2n) is 4.94. The average Bonchev–Trinajstić information content (AvgIpc) is 2.60. The maximum Gasteiger partial charge on any atom is 0.269 e. The van der Waals surface area contributed by atoms with Crippen LogP contribution in [0.1, 0.15) is 12.5 Å². The van der Waals surface area contributed by atoms with Gasteiger partial charge < -0.3 is 10.1 Å².